The van der Waals surface area contributed by atoms with Gasteiger partial charge in [-0.25, -0.2) is 0 Å². The molecule has 2 aromatic carbocycles. The van der Waals surface area contributed by atoms with Crippen molar-refractivity contribution in [1.29, 1.82) is 0 Å². The predicted octanol–water partition coefficient (Wildman–Crippen LogP) is 5.34. The third kappa shape index (κ3) is 3.39. The molecule has 0 saturated carbocycles. The number of benzene rings is 2. The van der Waals surface area contributed by atoms with Crippen LogP contribution in [0.1, 0.15) is 34.7 Å². The van der Waals surface area contributed by atoms with Gasteiger partial charge in [-0.2, -0.15) is 0 Å². The van der Waals surface area contributed by atoms with E-state index in [4.69, 9.17) is 4.74 Å². The van der Waals surface area contributed by atoms with Crippen molar-refractivity contribution in [3.63, 3.8) is 0 Å². The molecule has 0 unspecified atom stereocenters. The van der Waals surface area contributed by atoms with Crippen LogP contribution in [0.2, 0.25) is 0 Å². The van der Waals surface area contributed by atoms with E-state index in [-0.39, 0.29) is 11.9 Å². The Morgan fingerprint density at radius 1 is 1.13 bits per heavy atom. The lowest BCUT2D eigenvalue weighted by Crippen LogP contribution is -2.41. The van der Waals surface area contributed by atoms with Crippen molar-refractivity contribution in [1.82, 2.24) is 9.88 Å². The normalized spacial score (nSPS) is 15.9. The van der Waals surface area contributed by atoms with E-state index in [1.807, 2.05) is 41.5 Å². The average molecular weight is 417 g/mol. The van der Waals surface area contributed by atoms with Crippen molar-refractivity contribution in [3.8, 4) is 5.75 Å². The molecule has 1 aliphatic heterocycles. The molecule has 3 heterocycles. The highest BCUT2D eigenvalue weighted by molar-refractivity contribution is 7.10. The van der Waals surface area contributed by atoms with E-state index in [1.54, 1.807) is 11.3 Å². The first-order chi connectivity index (χ1) is 14.7. The first-order valence-corrected chi connectivity index (χ1v) is 11.3. The average Bonchev–Trinajstić information content (AvgIpc) is 3.41. The molecule has 30 heavy (non-hydrogen) atoms. The van der Waals surface area contributed by atoms with E-state index in [1.165, 1.54) is 10.9 Å². The minimum atomic E-state index is -0.121. The van der Waals surface area contributed by atoms with E-state index >= 15 is 0 Å². The van der Waals surface area contributed by atoms with Gasteiger partial charge in [-0.3, -0.25) is 4.79 Å². The van der Waals surface area contributed by atoms with E-state index in [0.29, 0.717) is 13.0 Å². The third-order valence-electron chi connectivity index (χ3n) is 5.77. The van der Waals surface area contributed by atoms with Crippen LogP contribution < -0.4 is 4.74 Å². The molecule has 2 aromatic heterocycles. The van der Waals surface area contributed by atoms with Gasteiger partial charge in [0.15, 0.2) is 0 Å². The number of H-pyrrole nitrogens is 1. The summed E-state index contributed by atoms with van der Waals surface area (Å²) in [6.07, 6.45) is 1.31. The summed E-state index contributed by atoms with van der Waals surface area (Å²) in [6.45, 7) is 3.34. The lowest BCUT2D eigenvalue weighted by molar-refractivity contribution is -0.132. The number of hydrogen-bond donors (Lipinski definition) is 1. The minimum absolute atomic E-state index is 0.121. The van der Waals surface area contributed by atoms with Crippen molar-refractivity contribution < 1.29 is 9.53 Å². The number of fused-ring (bicyclic) bond motifs is 3. The van der Waals surface area contributed by atoms with Gasteiger partial charge in [0, 0.05) is 28.0 Å². The molecule has 152 valence electrons. The standard InChI is InChI=1S/C25H24N2O2S/c1-2-29-18-11-9-17(10-12-18)25-24-21(20-7-3-4-8-22(20)26-24)13-14-27(25)23(28)16-19-6-5-15-30-19/h3-12,15,25-26H,2,13-14,16H2,1H3/t25-/m1/s1. The molecule has 0 saturated heterocycles. The second-order valence-corrected chi connectivity index (χ2v) is 8.59. The fourth-order valence-corrected chi connectivity index (χ4v) is 5.13. The third-order valence-corrected chi connectivity index (χ3v) is 6.64. The zero-order valence-corrected chi connectivity index (χ0v) is 17.7. The van der Waals surface area contributed by atoms with Crippen LogP contribution in [0.4, 0.5) is 0 Å². The van der Waals surface area contributed by atoms with Crippen LogP contribution in [-0.4, -0.2) is 28.9 Å². The Bertz CT molecular complexity index is 1160. The van der Waals surface area contributed by atoms with E-state index < -0.39 is 0 Å². The number of nitrogens with one attached hydrogen (secondary N) is 1. The summed E-state index contributed by atoms with van der Waals surface area (Å²) in [5.74, 6) is 1.02. The SMILES string of the molecule is CCOc1ccc([C@@H]2c3[nH]c4ccccc4c3CCN2C(=O)Cc2cccs2)cc1. The zero-order valence-electron chi connectivity index (χ0n) is 16.9. The van der Waals surface area contributed by atoms with Gasteiger partial charge in [-0.1, -0.05) is 36.4 Å². The van der Waals surface area contributed by atoms with Gasteiger partial charge in [0.05, 0.1) is 19.1 Å². The van der Waals surface area contributed by atoms with Crippen LogP contribution in [0.5, 0.6) is 5.75 Å². The Labute approximate surface area is 180 Å². The molecule has 4 nitrogen and oxygen atoms in total. The Balaban J connectivity index is 1.57. The molecule has 1 atom stereocenters. The van der Waals surface area contributed by atoms with Crippen molar-refractivity contribution in [2.75, 3.05) is 13.2 Å². The zero-order chi connectivity index (χ0) is 20.5. The molecule has 0 fully saturated rings. The quantitative estimate of drug-likeness (QED) is 0.477. The molecule has 5 heteroatoms. The smallest absolute Gasteiger partial charge is 0.228 e. The fraction of sp³-hybridized carbons (Fsp3) is 0.240. The van der Waals surface area contributed by atoms with Crippen LogP contribution >= 0.6 is 11.3 Å². The summed E-state index contributed by atoms with van der Waals surface area (Å²) in [5, 5.41) is 3.28. The first kappa shape index (κ1) is 18.9. The van der Waals surface area contributed by atoms with Crippen molar-refractivity contribution >= 4 is 28.1 Å². The number of carbonyl (C=O) groups is 1. The Morgan fingerprint density at radius 2 is 1.97 bits per heavy atom. The molecule has 1 aliphatic rings. The number of hydrogen-bond acceptors (Lipinski definition) is 3. The summed E-state index contributed by atoms with van der Waals surface area (Å²) in [7, 11) is 0. The van der Waals surface area contributed by atoms with Gasteiger partial charge in [-0.05, 0) is 54.1 Å². The van der Waals surface area contributed by atoms with Gasteiger partial charge < -0.3 is 14.6 Å². The number of rotatable bonds is 5. The van der Waals surface area contributed by atoms with Gasteiger partial charge in [0.1, 0.15) is 5.75 Å². The topological polar surface area (TPSA) is 45.3 Å². The second kappa shape index (κ2) is 8.00. The number of aromatic amines is 1. The van der Waals surface area contributed by atoms with Crippen molar-refractivity contribution in [2.24, 2.45) is 0 Å². The van der Waals surface area contributed by atoms with Crippen LogP contribution in [0.15, 0.2) is 66.0 Å². The summed E-state index contributed by atoms with van der Waals surface area (Å²) >= 11 is 1.64. The van der Waals surface area contributed by atoms with Crippen LogP contribution in [0.3, 0.4) is 0 Å². The molecule has 1 amide bonds. The number of aromatic nitrogens is 1. The maximum absolute atomic E-state index is 13.3. The van der Waals surface area contributed by atoms with Crippen molar-refractivity contribution in [2.45, 2.75) is 25.8 Å². The fourth-order valence-electron chi connectivity index (χ4n) is 4.43. The van der Waals surface area contributed by atoms with E-state index in [2.05, 4.69) is 41.4 Å². The highest BCUT2D eigenvalue weighted by Gasteiger charge is 2.34. The molecule has 4 aromatic rings. The first-order valence-electron chi connectivity index (χ1n) is 10.4. The molecule has 0 bridgehead atoms. The summed E-state index contributed by atoms with van der Waals surface area (Å²) in [6, 6.07) is 20.5. The highest BCUT2D eigenvalue weighted by atomic mass is 32.1. The Kier molecular flexibility index (Phi) is 5.05. The number of carbonyl (C=O) groups excluding carboxylic acids is 1. The van der Waals surface area contributed by atoms with Gasteiger partial charge in [0.25, 0.3) is 0 Å². The number of nitrogens with zero attached hydrogens (tertiary/aromatic N) is 1. The lowest BCUT2D eigenvalue weighted by Gasteiger charge is -2.36. The van der Waals surface area contributed by atoms with Crippen LogP contribution in [-0.2, 0) is 17.6 Å². The maximum atomic E-state index is 13.3. The highest BCUT2D eigenvalue weighted by Crippen LogP contribution is 2.39. The predicted molar refractivity (Wildman–Crippen MR) is 121 cm³/mol. The number of amides is 1. The monoisotopic (exact) mass is 416 g/mol. The molecule has 0 radical (unpaired) electrons. The molecule has 0 aliphatic carbocycles. The number of thiophene rings is 1. The Hall–Kier alpha value is -3.05. The summed E-state index contributed by atoms with van der Waals surface area (Å²) in [5.41, 5.74) is 4.69. The molecule has 0 spiro atoms. The molecular weight excluding hydrogens is 392 g/mol. The van der Waals surface area contributed by atoms with Gasteiger partial charge in [-0.15, -0.1) is 11.3 Å². The maximum Gasteiger partial charge on any atom is 0.228 e. The van der Waals surface area contributed by atoms with Gasteiger partial charge >= 0.3 is 0 Å². The number of ether oxygens (including phenoxy) is 1. The van der Waals surface area contributed by atoms with Crippen molar-refractivity contribution in [3.05, 3.63) is 87.7 Å². The largest absolute Gasteiger partial charge is 0.494 e. The molecule has 5 rings (SSSR count). The molecular formula is C25H24N2O2S. The number of para-hydroxylation sites is 1. The van der Waals surface area contributed by atoms with E-state index in [0.717, 1.165) is 40.4 Å². The lowest BCUT2D eigenvalue weighted by atomic mass is 9.92. The summed E-state index contributed by atoms with van der Waals surface area (Å²) < 4.78 is 5.62. The second-order valence-electron chi connectivity index (χ2n) is 7.56. The van der Waals surface area contributed by atoms with Crippen LogP contribution in [0.25, 0.3) is 10.9 Å². The summed E-state index contributed by atoms with van der Waals surface area (Å²) in [4.78, 5) is 20.1. The Morgan fingerprint density at radius 3 is 2.73 bits per heavy atom. The minimum Gasteiger partial charge on any atom is -0.494 e. The molecule has 1 N–H and O–H groups in total. The van der Waals surface area contributed by atoms with Gasteiger partial charge in [0.2, 0.25) is 5.91 Å². The van der Waals surface area contributed by atoms with E-state index in [9.17, 15) is 4.79 Å². The van der Waals surface area contributed by atoms with Crippen LogP contribution in [0, 0.1) is 0 Å².